The minimum absolute atomic E-state index is 0.188. The van der Waals surface area contributed by atoms with E-state index in [1.165, 1.54) is 86.9 Å². The summed E-state index contributed by atoms with van der Waals surface area (Å²) in [6, 6.07) is 60.4. The molecule has 52 heavy (non-hydrogen) atoms. The Balaban J connectivity index is 1.11. The molecular weight excluding hydrogens is 649 g/mol. The average Bonchev–Trinajstić information content (AvgIpc) is 3.83. The van der Waals surface area contributed by atoms with E-state index in [-0.39, 0.29) is 11.5 Å². The van der Waals surface area contributed by atoms with Gasteiger partial charge in [-0.25, -0.2) is 0 Å². The van der Waals surface area contributed by atoms with Crippen LogP contribution in [0.15, 0.2) is 182 Å². The van der Waals surface area contributed by atoms with Crippen molar-refractivity contribution in [2.45, 2.75) is 18.4 Å². The summed E-state index contributed by atoms with van der Waals surface area (Å²) >= 11 is 1.87. The van der Waals surface area contributed by atoms with Crippen molar-refractivity contribution in [3.8, 4) is 16.8 Å². The van der Waals surface area contributed by atoms with Crippen LogP contribution >= 0.6 is 11.3 Å². The molecule has 3 heterocycles. The molecule has 2 aromatic heterocycles. The number of allylic oxidation sites excluding steroid dienone is 2. The summed E-state index contributed by atoms with van der Waals surface area (Å²) in [4.78, 5) is 2.51. The smallest absolute Gasteiger partial charge is 0.0655 e. The van der Waals surface area contributed by atoms with Crippen LogP contribution in [0.25, 0.3) is 64.4 Å². The second-order valence-electron chi connectivity index (χ2n) is 14.3. The summed E-state index contributed by atoms with van der Waals surface area (Å²) < 4.78 is 5.14. The van der Waals surface area contributed by atoms with Crippen LogP contribution in [0.5, 0.6) is 0 Å². The molecule has 0 fully saturated rings. The zero-order valence-electron chi connectivity index (χ0n) is 28.7. The molecule has 2 aliphatic rings. The number of benzene rings is 7. The van der Waals surface area contributed by atoms with Gasteiger partial charge in [-0.15, -0.1) is 11.3 Å². The largest absolute Gasteiger partial charge is 0.333 e. The summed E-state index contributed by atoms with van der Waals surface area (Å²) in [6.07, 6.45) is 7.28. The number of hydrogen-bond acceptors (Lipinski definition) is 2. The van der Waals surface area contributed by atoms with Crippen molar-refractivity contribution in [2.75, 3.05) is 4.90 Å². The molecule has 0 N–H and O–H groups in total. The first-order valence-corrected chi connectivity index (χ1v) is 18.9. The molecular formula is C49H34N2S. The molecule has 11 rings (SSSR count). The van der Waals surface area contributed by atoms with Crippen molar-refractivity contribution in [3.05, 3.63) is 193 Å². The molecule has 3 heteroatoms. The molecule has 0 radical (unpaired) electrons. The maximum Gasteiger partial charge on any atom is 0.0655 e. The van der Waals surface area contributed by atoms with Crippen molar-refractivity contribution in [2.24, 2.45) is 0 Å². The van der Waals surface area contributed by atoms with Gasteiger partial charge in [-0.2, -0.15) is 0 Å². The minimum atomic E-state index is -0.188. The predicted molar refractivity (Wildman–Crippen MR) is 222 cm³/mol. The summed E-state index contributed by atoms with van der Waals surface area (Å²) in [5.41, 5.74) is 12.3. The van der Waals surface area contributed by atoms with Gasteiger partial charge >= 0.3 is 0 Å². The van der Waals surface area contributed by atoms with E-state index >= 15 is 0 Å². The first-order valence-electron chi connectivity index (χ1n) is 18.1. The van der Waals surface area contributed by atoms with Gasteiger partial charge in [0.25, 0.3) is 0 Å². The van der Waals surface area contributed by atoms with Gasteiger partial charge in [0.05, 0.1) is 22.8 Å². The Hall–Kier alpha value is -6.16. The van der Waals surface area contributed by atoms with E-state index in [1.54, 1.807) is 0 Å². The Morgan fingerprint density at radius 3 is 2.15 bits per heavy atom. The lowest BCUT2D eigenvalue weighted by Crippen LogP contribution is -2.39. The van der Waals surface area contributed by atoms with Gasteiger partial charge in [-0.1, -0.05) is 133 Å². The van der Waals surface area contributed by atoms with Crippen LogP contribution < -0.4 is 4.90 Å². The third-order valence-corrected chi connectivity index (χ3v) is 12.6. The number of aromatic nitrogens is 1. The molecule has 1 aliphatic heterocycles. The minimum Gasteiger partial charge on any atom is -0.333 e. The third-order valence-electron chi connectivity index (χ3n) is 11.4. The average molecular weight is 683 g/mol. The molecule has 2 atom stereocenters. The van der Waals surface area contributed by atoms with Crippen molar-refractivity contribution in [1.29, 1.82) is 0 Å². The van der Waals surface area contributed by atoms with E-state index in [9.17, 15) is 0 Å². The zero-order chi connectivity index (χ0) is 34.4. The second-order valence-corrected chi connectivity index (χ2v) is 15.4. The van der Waals surface area contributed by atoms with Gasteiger partial charge in [0, 0.05) is 53.3 Å². The quantitative estimate of drug-likeness (QED) is 0.179. The van der Waals surface area contributed by atoms with Gasteiger partial charge in [0.2, 0.25) is 0 Å². The highest BCUT2D eigenvalue weighted by molar-refractivity contribution is 7.25. The molecule has 0 amide bonds. The van der Waals surface area contributed by atoms with Crippen LogP contribution in [-0.4, -0.2) is 10.6 Å². The van der Waals surface area contributed by atoms with Crippen molar-refractivity contribution in [3.63, 3.8) is 0 Å². The molecule has 1 aliphatic carbocycles. The van der Waals surface area contributed by atoms with Crippen LogP contribution in [0.3, 0.4) is 0 Å². The maximum absolute atomic E-state index is 2.52. The molecule has 0 saturated heterocycles. The van der Waals surface area contributed by atoms with Crippen LogP contribution in [0.1, 0.15) is 18.1 Å². The molecule has 0 spiro atoms. The Kier molecular flexibility index (Phi) is 6.35. The van der Waals surface area contributed by atoms with Crippen LogP contribution in [0.4, 0.5) is 11.4 Å². The number of rotatable bonds is 4. The molecule has 0 saturated carbocycles. The highest BCUT2D eigenvalue weighted by Crippen LogP contribution is 2.53. The molecule has 0 bridgehead atoms. The fraction of sp³-hybridized carbons (Fsp3) is 0.0612. The molecule has 2 unspecified atom stereocenters. The topological polar surface area (TPSA) is 8.17 Å². The van der Waals surface area contributed by atoms with Crippen molar-refractivity contribution < 1.29 is 0 Å². The van der Waals surface area contributed by atoms with Crippen LogP contribution in [-0.2, 0) is 5.41 Å². The Labute approximate surface area is 306 Å². The standard InChI is InChI=1S/C49H34N2S/c1-49-31-33(27-29-47(49)50(34-14-3-2-4-15-34)43-23-11-8-20-40(43)49)32-26-28-37-35-16-5-9-21-41(35)51(44(37)30-32)42-22-10-6-17-36(42)38-19-13-25-46-48(38)39-18-7-12-24-45(39)52-46/h2-31,47H,1H3. The van der Waals surface area contributed by atoms with E-state index in [4.69, 9.17) is 0 Å². The summed E-state index contributed by atoms with van der Waals surface area (Å²) in [5, 5.41) is 5.18. The summed E-state index contributed by atoms with van der Waals surface area (Å²) in [6.45, 7) is 2.41. The SMILES string of the molecule is CC12C=C(c3ccc4c5ccccc5n(-c5ccccc5-c5cccc6sc7ccccc7c56)c4c3)C=CC1N(c1ccccc1)c1ccccc12. The highest BCUT2D eigenvalue weighted by Gasteiger charge is 2.47. The lowest BCUT2D eigenvalue weighted by atomic mass is 9.73. The lowest BCUT2D eigenvalue weighted by molar-refractivity contribution is 0.553. The normalized spacial score (nSPS) is 18.0. The van der Waals surface area contributed by atoms with Crippen LogP contribution in [0, 0.1) is 0 Å². The van der Waals surface area contributed by atoms with Crippen LogP contribution in [0.2, 0.25) is 0 Å². The lowest BCUT2D eigenvalue weighted by Gasteiger charge is -2.36. The molecule has 7 aromatic carbocycles. The van der Waals surface area contributed by atoms with E-state index in [0.29, 0.717) is 0 Å². The summed E-state index contributed by atoms with van der Waals surface area (Å²) in [7, 11) is 0. The Morgan fingerprint density at radius 2 is 1.25 bits per heavy atom. The number of nitrogens with zero attached hydrogens (tertiary/aromatic N) is 2. The second kappa shape index (κ2) is 11.2. The molecule has 246 valence electrons. The van der Waals surface area contributed by atoms with Gasteiger partial charge in [-0.3, -0.25) is 0 Å². The van der Waals surface area contributed by atoms with E-state index in [2.05, 4.69) is 198 Å². The Morgan fingerprint density at radius 1 is 0.558 bits per heavy atom. The number of thiophene rings is 1. The first-order chi connectivity index (χ1) is 25.7. The van der Waals surface area contributed by atoms with Crippen molar-refractivity contribution >= 4 is 70.3 Å². The van der Waals surface area contributed by atoms with Gasteiger partial charge in [-0.05, 0) is 77.7 Å². The fourth-order valence-electron chi connectivity index (χ4n) is 9.10. The van der Waals surface area contributed by atoms with E-state index < -0.39 is 0 Å². The fourth-order valence-corrected chi connectivity index (χ4v) is 10.2. The van der Waals surface area contributed by atoms with Gasteiger partial charge in [0.15, 0.2) is 0 Å². The van der Waals surface area contributed by atoms with Gasteiger partial charge in [0.1, 0.15) is 0 Å². The van der Waals surface area contributed by atoms with Gasteiger partial charge < -0.3 is 9.47 Å². The van der Waals surface area contributed by atoms with E-state index in [0.717, 1.165) is 0 Å². The third kappa shape index (κ3) is 4.17. The molecule has 9 aromatic rings. The predicted octanol–water partition coefficient (Wildman–Crippen LogP) is 13.2. The number of hydrogen-bond donors (Lipinski definition) is 0. The zero-order valence-corrected chi connectivity index (χ0v) is 29.5. The Bertz CT molecular complexity index is 2940. The summed E-state index contributed by atoms with van der Waals surface area (Å²) in [5.74, 6) is 0. The number of fused-ring (bicyclic) bond motifs is 9. The van der Waals surface area contributed by atoms with Crippen molar-refractivity contribution in [1.82, 2.24) is 4.57 Å². The monoisotopic (exact) mass is 682 g/mol. The number of para-hydroxylation sites is 4. The molecule has 2 nitrogen and oxygen atoms in total. The highest BCUT2D eigenvalue weighted by atomic mass is 32.1. The number of anilines is 2. The first kappa shape index (κ1) is 29.6. The maximum atomic E-state index is 2.52. The van der Waals surface area contributed by atoms with E-state index in [1.807, 2.05) is 11.3 Å².